The molecular formula is C23H27NO3S. The molecule has 5 rings (SSSR count). The molecule has 0 atom stereocenters. The van der Waals surface area contributed by atoms with E-state index in [-0.39, 0.29) is 5.60 Å². The molecule has 0 unspecified atom stereocenters. The number of Topliss-reactive ketones (excluding diaryl/α,β-unsaturated/α-hetero) is 2. The van der Waals surface area contributed by atoms with Crippen LogP contribution in [0.3, 0.4) is 0 Å². The van der Waals surface area contributed by atoms with E-state index < -0.39 is 11.6 Å². The number of hydrogen-bond donors (Lipinski definition) is 0. The van der Waals surface area contributed by atoms with Crippen LogP contribution in [0.4, 0.5) is 0 Å². The number of nitrogens with zero attached hydrogens (tertiary/aromatic N) is 1. The van der Waals surface area contributed by atoms with E-state index in [4.69, 9.17) is 4.74 Å². The molecule has 2 aliphatic carbocycles. The smallest absolute Gasteiger partial charge is 0.243 e. The van der Waals surface area contributed by atoms with Crippen molar-refractivity contribution in [3.05, 3.63) is 40.3 Å². The molecule has 4 nitrogen and oxygen atoms in total. The average molecular weight is 398 g/mol. The summed E-state index contributed by atoms with van der Waals surface area (Å²) in [6.07, 6.45) is 8.96. The highest BCUT2D eigenvalue weighted by Gasteiger charge is 2.46. The second-order valence-electron chi connectivity index (χ2n) is 8.74. The van der Waals surface area contributed by atoms with E-state index in [9.17, 15) is 9.59 Å². The molecule has 1 saturated heterocycles. The summed E-state index contributed by atoms with van der Waals surface area (Å²) >= 11 is 1.53. The Labute approximate surface area is 170 Å². The van der Waals surface area contributed by atoms with Crippen molar-refractivity contribution in [2.45, 2.75) is 50.5 Å². The first kappa shape index (κ1) is 18.4. The van der Waals surface area contributed by atoms with Gasteiger partial charge in [0.05, 0.1) is 0 Å². The van der Waals surface area contributed by atoms with E-state index in [2.05, 4.69) is 4.90 Å². The zero-order chi connectivity index (χ0) is 19.1. The summed E-state index contributed by atoms with van der Waals surface area (Å²) in [6, 6.07) is 7.37. The lowest BCUT2D eigenvalue weighted by Gasteiger charge is -2.46. The van der Waals surface area contributed by atoms with Crippen molar-refractivity contribution in [3.8, 4) is 0 Å². The van der Waals surface area contributed by atoms with Crippen LogP contribution in [0, 0.1) is 5.92 Å². The van der Waals surface area contributed by atoms with Gasteiger partial charge in [0.1, 0.15) is 16.3 Å². The van der Waals surface area contributed by atoms with Crippen LogP contribution in [0.15, 0.2) is 29.2 Å². The van der Waals surface area contributed by atoms with E-state index in [0.29, 0.717) is 16.2 Å². The van der Waals surface area contributed by atoms with E-state index in [1.165, 1.54) is 50.4 Å². The predicted octanol–water partition coefficient (Wildman–Crippen LogP) is 4.30. The van der Waals surface area contributed by atoms with Gasteiger partial charge in [-0.25, -0.2) is 0 Å². The number of carbonyl (C=O) groups excluding carboxylic acids is 2. The Morgan fingerprint density at radius 1 is 1.00 bits per heavy atom. The largest absolute Gasteiger partial charge is 0.484 e. The molecule has 5 heteroatoms. The summed E-state index contributed by atoms with van der Waals surface area (Å²) in [7, 11) is 0. The first-order chi connectivity index (χ1) is 13.7. The molecule has 2 fully saturated rings. The molecule has 1 aromatic rings. The maximum Gasteiger partial charge on any atom is 0.243 e. The quantitative estimate of drug-likeness (QED) is 0.697. The third kappa shape index (κ3) is 3.22. The number of hydrogen-bond acceptors (Lipinski definition) is 5. The van der Waals surface area contributed by atoms with Gasteiger partial charge in [0, 0.05) is 49.4 Å². The van der Waals surface area contributed by atoms with Crippen molar-refractivity contribution < 1.29 is 14.3 Å². The summed E-state index contributed by atoms with van der Waals surface area (Å²) < 4.78 is 6.56. The molecule has 1 spiro atoms. The minimum absolute atomic E-state index is 0.208. The van der Waals surface area contributed by atoms with E-state index in [1.807, 2.05) is 18.2 Å². The Hall–Kier alpha value is -1.59. The highest BCUT2D eigenvalue weighted by Crippen LogP contribution is 2.47. The second-order valence-corrected chi connectivity index (χ2v) is 9.73. The standard InChI is InChI=1S/C23H27NO3S/c25-19-17-8-4-5-9-18(17)21-22(20(19)26)28-15-23(27-21)10-12-24(13-11-23)14-16-6-2-1-3-7-16/h4-5,8-9,16H,1-3,6-7,10-15H2. The van der Waals surface area contributed by atoms with Crippen molar-refractivity contribution in [3.63, 3.8) is 0 Å². The number of allylic oxidation sites excluding steroid dienone is 1. The lowest BCUT2D eigenvalue weighted by molar-refractivity contribution is -0.111. The number of ketones is 2. The van der Waals surface area contributed by atoms with E-state index in [1.54, 1.807) is 6.07 Å². The third-order valence-corrected chi connectivity index (χ3v) is 8.17. The van der Waals surface area contributed by atoms with Crippen molar-refractivity contribution in [1.82, 2.24) is 4.90 Å². The molecule has 0 aromatic heterocycles. The molecular weight excluding hydrogens is 370 g/mol. The Bertz CT molecular complexity index is 832. The summed E-state index contributed by atoms with van der Waals surface area (Å²) in [4.78, 5) is 28.1. The molecule has 0 amide bonds. The molecule has 0 radical (unpaired) electrons. The van der Waals surface area contributed by atoms with Gasteiger partial charge >= 0.3 is 0 Å². The highest BCUT2D eigenvalue weighted by atomic mass is 32.2. The molecule has 2 aliphatic heterocycles. The summed E-state index contributed by atoms with van der Waals surface area (Å²) in [5.74, 6) is 1.49. The van der Waals surface area contributed by atoms with Crippen LogP contribution in [-0.2, 0) is 9.53 Å². The average Bonchev–Trinajstić information content (AvgIpc) is 2.75. The Kier molecular flexibility index (Phi) is 4.84. The van der Waals surface area contributed by atoms with Gasteiger partial charge in [0.25, 0.3) is 0 Å². The minimum atomic E-state index is -0.400. The van der Waals surface area contributed by atoms with E-state index >= 15 is 0 Å². The van der Waals surface area contributed by atoms with Crippen molar-refractivity contribution in [1.29, 1.82) is 0 Å². The lowest BCUT2D eigenvalue weighted by Crippen LogP contribution is -2.50. The fraction of sp³-hybridized carbons (Fsp3) is 0.565. The van der Waals surface area contributed by atoms with Gasteiger partial charge in [-0.2, -0.15) is 0 Å². The van der Waals surface area contributed by atoms with Gasteiger partial charge in [0.2, 0.25) is 11.6 Å². The molecule has 0 N–H and O–H groups in total. The maximum atomic E-state index is 12.6. The normalized spacial score (nSPS) is 25.4. The molecule has 2 heterocycles. The molecule has 28 heavy (non-hydrogen) atoms. The number of benzene rings is 1. The number of piperidine rings is 1. The van der Waals surface area contributed by atoms with Gasteiger partial charge in [0.15, 0.2) is 0 Å². The van der Waals surface area contributed by atoms with Gasteiger partial charge in [-0.1, -0.05) is 43.5 Å². The van der Waals surface area contributed by atoms with Gasteiger partial charge < -0.3 is 9.64 Å². The monoisotopic (exact) mass is 397 g/mol. The fourth-order valence-corrected chi connectivity index (χ4v) is 6.40. The zero-order valence-electron chi connectivity index (χ0n) is 16.2. The predicted molar refractivity (Wildman–Crippen MR) is 111 cm³/mol. The second kappa shape index (κ2) is 7.34. The number of fused-ring (bicyclic) bond motifs is 2. The van der Waals surface area contributed by atoms with E-state index in [0.717, 1.165) is 43.2 Å². The first-order valence-electron chi connectivity index (χ1n) is 10.6. The number of rotatable bonds is 2. The Morgan fingerprint density at radius 2 is 1.71 bits per heavy atom. The van der Waals surface area contributed by atoms with Crippen LogP contribution >= 0.6 is 11.8 Å². The summed E-state index contributed by atoms with van der Waals surface area (Å²) in [6.45, 7) is 3.36. The number of ether oxygens (including phenoxy) is 1. The third-order valence-electron chi connectivity index (χ3n) is 6.84. The molecule has 148 valence electrons. The SMILES string of the molecule is O=C1C(=O)c2ccccc2C2=C1SCC1(CCN(CC3CCCCC3)CC1)O2. The van der Waals surface area contributed by atoms with Gasteiger partial charge in [-0.15, -0.1) is 11.8 Å². The summed E-state index contributed by atoms with van der Waals surface area (Å²) in [5, 5.41) is 0. The topological polar surface area (TPSA) is 46.6 Å². The molecule has 1 saturated carbocycles. The van der Waals surface area contributed by atoms with Crippen LogP contribution in [0.2, 0.25) is 0 Å². The molecule has 0 bridgehead atoms. The van der Waals surface area contributed by atoms with Crippen LogP contribution in [0.1, 0.15) is 60.9 Å². The van der Waals surface area contributed by atoms with Crippen LogP contribution in [-0.4, -0.2) is 47.5 Å². The van der Waals surface area contributed by atoms with Crippen molar-refractivity contribution in [2.24, 2.45) is 5.92 Å². The van der Waals surface area contributed by atoms with Crippen molar-refractivity contribution in [2.75, 3.05) is 25.4 Å². The number of thioether (sulfide) groups is 1. The van der Waals surface area contributed by atoms with Crippen LogP contribution in [0.5, 0.6) is 0 Å². The minimum Gasteiger partial charge on any atom is -0.484 e. The lowest BCUT2D eigenvalue weighted by atomic mass is 9.87. The molecule has 1 aromatic carbocycles. The number of likely N-dealkylation sites (tertiary alicyclic amines) is 1. The van der Waals surface area contributed by atoms with Crippen molar-refractivity contribution >= 4 is 29.1 Å². The first-order valence-corrected chi connectivity index (χ1v) is 11.6. The zero-order valence-corrected chi connectivity index (χ0v) is 17.1. The maximum absolute atomic E-state index is 12.6. The fourth-order valence-electron chi connectivity index (χ4n) is 5.14. The van der Waals surface area contributed by atoms with Gasteiger partial charge in [-0.05, 0) is 18.8 Å². The molecule has 4 aliphatic rings. The number of carbonyl (C=O) groups is 2. The Balaban J connectivity index is 1.31. The summed E-state index contributed by atoms with van der Waals surface area (Å²) in [5.41, 5.74) is 1.07. The Morgan fingerprint density at radius 3 is 2.46 bits per heavy atom. The highest BCUT2D eigenvalue weighted by molar-refractivity contribution is 8.04. The van der Waals surface area contributed by atoms with Gasteiger partial charge in [-0.3, -0.25) is 9.59 Å². The van der Waals surface area contributed by atoms with Crippen LogP contribution < -0.4 is 0 Å². The van der Waals surface area contributed by atoms with Crippen LogP contribution in [0.25, 0.3) is 5.76 Å².